The lowest BCUT2D eigenvalue weighted by Gasteiger charge is -2.22. The first-order valence-corrected chi connectivity index (χ1v) is 7.76. The lowest BCUT2D eigenvalue weighted by atomic mass is 9.87. The number of hydrogen-bond donors (Lipinski definition) is 2. The number of rotatable bonds is 6. The van der Waals surface area contributed by atoms with Gasteiger partial charge in [0.15, 0.2) is 6.04 Å². The van der Waals surface area contributed by atoms with E-state index in [2.05, 4.69) is 5.32 Å². The average molecular weight is 305 g/mol. The number of hydrogen-bond acceptors (Lipinski definition) is 3. The molecule has 1 aromatic carbocycles. The highest BCUT2D eigenvalue weighted by Gasteiger charge is 2.24. The molecule has 1 aliphatic carbocycles. The summed E-state index contributed by atoms with van der Waals surface area (Å²) in [5.74, 6) is -0.197. The van der Waals surface area contributed by atoms with E-state index in [-0.39, 0.29) is 5.91 Å². The molecule has 1 amide bonds. The lowest BCUT2D eigenvalue weighted by Crippen LogP contribution is -2.34. The third-order valence-electron chi connectivity index (χ3n) is 4.20. The number of nitrogens with one attached hydrogen (secondary N) is 1. The Morgan fingerprint density at radius 2 is 1.86 bits per heavy atom. The van der Waals surface area contributed by atoms with E-state index in [1.54, 1.807) is 31.4 Å². The predicted molar refractivity (Wildman–Crippen MR) is 82.7 cm³/mol. The van der Waals surface area contributed by atoms with Crippen molar-refractivity contribution in [2.75, 3.05) is 7.11 Å². The Balaban J connectivity index is 1.98. The highest BCUT2D eigenvalue weighted by molar-refractivity contribution is 5.84. The van der Waals surface area contributed by atoms with Crippen molar-refractivity contribution in [3.05, 3.63) is 29.8 Å². The molecule has 0 heterocycles. The van der Waals surface area contributed by atoms with Gasteiger partial charge in [-0.1, -0.05) is 31.4 Å². The summed E-state index contributed by atoms with van der Waals surface area (Å²) in [6, 6.07) is 5.70. The van der Waals surface area contributed by atoms with Gasteiger partial charge in [-0.05, 0) is 36.5 Å². The Kier molecular flexibility index (Phi) is 5.81. The SMILES string of the molecule is COc1ccc(C(NC(=O)CC2CCCCC2)C(=O)O)cc1. The third kappa shape index (κ3) is 4.48. The molecule has 1 aliphatic rings. The molecule has 1 unspecified atom stereocenters. The average Bonchev–Trinajstić information content (AvgIpc) is 2.53. The molecular weight excluding hydrogens is 282 g/mol. The molecule has 0 bridgehead atoms. The van der Waals surface area contributed by atoms with Crippen molar-refractivity contribution in [2.24, 2.45) is 5.92 Å². The summed E-state index contributed by atoms with van der Waals surface area (Å²) in [4.78, 5) is 23.6. The number of carbonyl (C=O) groups is 2. The van der Waals surface area contributed by atoms with Crippen LogP contribution in [0.1, 0.15) is 50.1 Å². The van der Waals surface area contributed by atoms with Gasteiger partial charge in [-0.2, -0.15) is 0 Å². The molecule has 5 heteroatoms. The van der Waals surface area contributed by atoms with Crippen LogP contribution >= 0.6 is 0 Å². The minimum absolute atomic E-state index is 0.185. The number of carboxylic acid groups (broad SMARTS) is 1. The van der Waals surface area contributed by atoms with Gasteiger partial charge in [-0.15, -0.1) is 0 Å². The smallest absolute Gasteiger partial charge is 0.330 e. The Morgan fingerprint density at radius 3 is 2.41 bits per heavy atom. The minimum atomic E-state index is -1.05. The monoisotopic (exact) mass is 305 g/mol. The second kappa shape index (κ2) is 7.82. The number of carbonyl (C=O) groups excluding carboxylic acids is 1. The van der Waals surface area contributed by atoms with Crippen molar-refractivity contribution in [1.82, 2.24) is 5.32 Å². The van der Waals surface area contributed by atoms with Crippen LogP contribution in [0.3, 0.4) is 0 Å². The van der Waals surface area contributed by atoms with Crippen molar-refractivity contribution in [3.8, 4) is 5.75 Å². The van der Waals surface area contributed by atoms with Crippen LogP contribution in [0, 0.1) is 5.92 Å². The van der Waals surface area contributed by atoms with Crippen LogP contribution in [0.2, 0.25) is 0 Å². The first-order valence-electron chi connectivity index (χ1n) is 7.76. The maximum Gasteiger partial charge on any atom is 0.330 e. The van der Waals surface area contributed by atoms with Crippen LogP contribution in [-0.2, 0) is 9.59 Å². The second-order valence-corrected chi connectivity index (χ2v) is 5.82. The van der Waals surface area contributed by atoms with Crippen molar-refractivity contribution in [1.29, 1.82) is 0 Å². The fraction of sp³-hybridized carbons (Fsp3) is 0.529. The molecule has 2 N–H and O–H groups in total. The molecular formula is C17H23NO4. The van der Waals surface area contributed by atoms with E-state index in [1.807, 2.05) is 0 Å². The van der Waals surface area contributed by atoms with E-state index in [1.165, 1.54) is 19.3 Å². The van der Waals surface area contributed by atoms with Gasteiger partial charge >= 0.3 is 5.97 Å². The summed E-state index contributed by atoms with van der Waals surface area (Å²) < 4.78 is 5.06. The molecule has 120 valence electrons. The molecule has 0 aliphatic heterocycles. The van der Waals surface area contributed by atoms with Gasteiger partial charge in [0.2, 0.25) is 5.91 Å². The van der Waals surface area contributed by atoms with Crippen LogP contribution in [-0.4, -0.2) is 24.1 Å². The molecule has 0 radical (unpaired) electrons. The summed E-state index contributed by atoms with van der Waals surface area (Å²) in [6.07, 6.45) is 6.11. The Bertz CT molecular complexity index is 506. The lowest BCUT2D eigenvalue weighted by molar-refractivity contribution is -0.142. The molecule has 1 fully saturated rings. The fourth-order valence-corrected chi connectivity index (χ4v) is 2.96. The van der Waals surface area contributed by atoms with E-state index < -0.39 is 12.0 Å². The summed E-state index contributed by atoms with van der Waals surface area (Å²) in [7, 11) is 1.55. The van der Waals surface area contributed by atoms with Gasteiger partial charge in [0.05, 0.1) is 7.11 Å². The van der Waals surface area contributed by atoms with Crippen LogP contribution < -0.4 is 10.1 Å². The van der Waals surface area contributed by atoms with Crippen LogP contribution in [0.25, 0.3) is 0 Å². The largest absolute Gasteiger partial charge is 0.497 e. The van der Waals surface area contributed by atoms with Gasteiger partial charge in [-0.25, -0.2) is 4.79 Å². The van der Waals surface area contributed by atoms with Crippen LogP contribution in [0.15, 0.2) is 24.3 Å². The standard InChI is InChI=1S/C17H23NO4/c1-22-14-9-7-13(8-10-14)16(17(20)21)18-15(19)11-12-5-3-2-4-6-12/h7-10,12,16H,2-6,11H2,1H3,(H,18,19)(H,20,21). The van der Waals surface area contributed by atoms with E-state index in [9.17, 15) is 14.7 Å². The molecule has 22 heavy (non-hydrogen) atoms. The third-order valence-corrected chi connectivity index (χ3v) is 4.20. The Hall–Kier alpha value is -2.04. The number of ether oxygens (including phenoxy) is 1. The zero-order chi connectivity index (χ0) is 15.9. The molecule has 0 aromatic heterocycles. The van der Waals surface area contributed by atoms with E-state index in [0.717, 1.165) is 12.8 Å². The normalized spacial score (nSPS) is 16.8. The zero-order valence-electron chi connectivity index (χ0n) is 12.9. The molecule has 1 aromatic rings. The number of benzene rings is 1. The second-order valence-electron chi connectivity index (χ2n) is 5.82. The van der Waals surface area contributed by atoms with Gasteiger partial charge in [0, 0.05) is 6.42 Å². The number of methoxy groups -OCH3 is 1. The van der Waals surface area contributed by atoms with Gasteiger partial charge in [0.25, 0.3) is 0 Å². The highest BCUT2D eigenvalue weighted by Crippen LogP contribution is 2.26. The van der Waals surface area contributed by atoms with Crippen molar-refractivity contribution < 1.29 is 19.4 Å². The predicted octanol–water partition coefficient (Wildman–Crippen LogP) is 2.91. The quantitative estimate of drug-likeness (QED) is 0.847. The van der Waals surface area contributed by atoms with Crippen LogP contribution in [0.5, 0.6) is 5.75 Å². The number of carboxylic acids is 1. The van der Waals surface area contributed by atoms with Crippen LogP contribution in [0.4, 0.5) is 0 Å². The van der Waals surface area contributed by atoms with Crippen molar-refractivity contribution >= 4 is 11.9 Å². The Labute approximate surface area is 130 Å². The van der Waals surface area contributed by atoms with Gasteiger partial charge in [0.1, 0.15) is 5.75 Å². The minimum Gasteiger partial charge on any atom is -0.497 e. The molecule has 2 rings (SSSR count). The maximum atomic E-state index is 12.1. The van der Waals surface area contributed by atoms with Gasteiger partial charge in [-0.3, -0.25) is 4.79 Å². The first kappa shape index (κ1) is 16.3. The maximum absolute atomic E-state index is 12.1. The summed E-state index contributed by atoms with van der Waals surface area (Å²) >= 11 is 0. The fourth-order valence-electron chi connectivity index (χ4n) is 2.96. The van der Waals surface area contributed by atoms with Gasteiger partial charge < -0.3 is 15.2 Å². The highest BCUT2D eigenvalue weighted by atomic mass is 16.5. The molecule has 0 saturated heterocycles. The molecule has 1 atom stereocenters. The summed E-state index contributed by atoms with van der Waals surface area (Å²) in [6.45, 7) is 0. The molecule has 0 spiro atoms. The van der Waals surface area contributed by atoms with Crippen molar-refractivity contribution in [3.63, 3.8) is 0 Å². The summed E-state index contributed by atoms with van der Waals surface area (Å²) in [5, 5.41) is 12.0. The summed E-state index contributed by atoms with van der Waals surface area (Å²) in [5.41, 5.74) is 0.547. The number of aliphatic carboxylic acids is 1. The Morgan fingerprint density at radius 1 is 1.23 bits per heavy atom. The van der Waals surface area contributed by atoms with E-state index in [4.69, 9.17) is 4.74 Å². The van der Waals surface area contributed by atoms with E-state index >= 15 is 0 Å². The first-order chi connectivity index (χ1) is 10.6. The number of amides is 1. The molecule has 5 nitrogen and oxygen atoms in total. The topological polar surface area (TPSA) is 75.6 Å². The molecule has 1 saturated carbocycles. The van der Waals surface area contributed by atoms with Crippen molar-refractivity contribution in [2.45, 2.75) is 44.6 Å². The van der Waals surface area contributed by atoms with E-state index in [0.29, 0.717) is 23.7 Å². The zero-order valence-corrected chi connectivity index (χ0v) is 12.9.